The normalized spacial score (nSPS) is 23.0. The molecular formula is C20H23NO3. The Morgan fingerprint density at radius 3 is 2.17 bits per heavy atom. The maximum Gasteiger partial charge on any atom is 0.139 e. The molecule has 0 spiro atoms. The average Bonchev–Trinajstić information content (AvgIpc) is 2.64. The van der Waals surface area contributed by atoms with E-state index in [2.05, 4.69) is 0 Å². The molecule has 0 saturated carbocycles. The third kappa shape index (κ3) is 4.68. The molecule has 0 aliphatic carbocycles. The fourth-order valence-corrected chi connectivity index (χ4v) is 2.61. The van der Waals surface area contributed by atoms with E-state index >= 15 is 0 Å². The van der Waals surface area contributed by atoms with E-state index in [0.29, 0.717) is 19.8 Å². The summed E-state index contributed by atoms with van der Waals surface area (Å²) in [4.78, 5) is 0. The minimum atomic E-state index is -0.255. The van der Waals surface area contributed by atoms with Crippen molar-refractivity contribution in [2.75, 3.05) is 6.61 Å². The van der Waals surface area contributed by atoms with Gasteiger partial charge in [-0.25, -0.2) is 0 Å². The summed E-state index contributed by atoms with van der Waals surface area (Å²) in [6, 6.07) is 19.9. The zero-order valence-electron chi connectivity index (χ0n) is 13.6. The largest absolute Gasteiger partial charge is 0.494 e. The van der Waals surface area contributed by atoms with Crippen molar-refractivity contribution in [1.29, 1.82) is 0 Å². The van der Waals surface area contributed by atoms with E-state index in [1.807, 2.05) is 66.7 Å². The summed E-state index contributed by atoms with van der Waals surface area (Å²) in [6.07, 6.45) is 3.14. The zero-order chi connectivity index (χ0) is 16.6. The van der Waals surface area contributed by atoms with Crippen molar-refractivity contribution < 1.29 is 14.2 Å². The highest BCUT2D eigenvalue weighted by molar-refractivity contribution is 5.14. The fourth-order valence-electron chi connectivity index (χ4n) is 2.61. The van der Waals surface area contributed by atoms with Gasteiger partial charge in [0.15, 0.2) is 0 Å². The smallest absolute Gasteiger partial charge is 0.139 e. The monoisotopic (exact) mass is 325 g/mol. The third-order valence-electron chi connectivity index (χ3n) is 4.01. The van der Waals surface area contributed by atoms with Crippen LogP contribution in [0.25, 0.3) is 0 Å². The van der Waals surface area contributed by atoms with Gasteiger partial charge in [0, 0.05) is 0 Å². The van der Waals surface area contributed by atoms with Crippen LogP contribution in [0.15, 0.2) is 73.0 Å². The summed E-state index contributed by atoms with van der Waals surface area (Å²) >= 11 is 0. The summed E-state index contributed by atoms with van der Waals surface area (Å²) in [6.45, 7) is 1.51. The predicted octanol–water partition coefficient (Wildman–Crippen LogP) is 3.03. The summed E-state index contributed by atoms with van der Waals surface area (Å²) in [7, 11) is 0. The van der Waals surface area contributed by atoms with Crippen molar-refractivity contribution in [2.45, 2.75) is 31.5 Å². The van der Waals surface area contributed by atoms with E-state index in [9.17, 15) is 0 Å². The molecule has 2 aromatic carbocycles. The minimum absolute atomic E-state index is 0.177. The van der Waals surface area contributed by atoms with Crippen molar-refractivity contribution in [3.63, 3.8) is 0 Å². The summed E-state index contributed by atoms with van der Waals surface area (Å²) in [5.41, 5.74) is 8.55. The van der Waals surface area contributed by atoms with Gasteiger partial charge in [-0.15, -0.1) is 0 Å². The van der Waals surface area contributed by atoms with Gasteiger partial charge in [0.2, 0.25) is 0 Å². The van der Waals surface area contributed by atoms with Crippen LogP contribution in [0, 0.1) is 0 Å². The first-order valence-corrected chi connectivity index (χ1v) is 8.18. The highest BCUT2D eigenvalue weighted by atomic mass is 16.5. The van der Waals surface area contributed by atoms with E-state index in [1.54, 1.807) is 6.26 Å². The molecule has 3 rings (SSSR count). The Balaban J connectivity index is 1.46. The molecule has 0 saturated heterocycles. The highest BCUT2D eigenvalue weighted by Gasteiger charge is 2.29. The van der Waals surface area contributed by atoms with Gasteiger partial charge < -0.3 is 19.9 Å². The van der Waals surface area contributed by atoms with Gasteiger partial charge in [-0.05, 0) is 17.2 Å². The first-order valence-electron chi connectivity index (χ1n) is 8.18. The maximum atomic E-state index is 6.29. The number of rotatable bonds is 7. The second kappa shape index (κ2) is 8.64. The van der Waals surface area contributed by atoms with Crippen LogP contribution >= 0.6 is 0 Å². The number of nitrogens with two attached hydrogens (primary N) is 1. The van der Waals surface area contributed by atoms with Gasteiger partial charge in [0.25, 0.3) is 0 Å². The first kappa shape index (κ1) is 16.7. The van der Waals surface area contributed by atoms with Crippen molar-refractivity contribution in [3.05, 3.63) is 84.1 Å². The van der Waals surface area contributed by atoms with Crippen LogP contribution in [-0.4, -0.2) is 24.9 Å². The van der Waals surface area contributed by atoms with E-state index in [4.69, 9.17) is 19.9 Å². The first-order chi connectivity index (χ1) is 11.8. The number of hydrogen-bond donors (Lipinski definition) is 1. The van der Waals surface area contributed by atoms with Crippen LogP contribution in [0.3, 0.4) is 0 Å². The maximum absolute atomic E-state index is 6.29. The lowest BCUT2D eigenvalue weighted by molar-refractivity contribution is -0.0472. The molecule has 0 bridgehead atoms. The molecule has 1 aliphatic rings. The molecule has 0 aromatic heterocycles. The Kier molecular flexibility index (Phi) is 6.01. The van der Waals surface area contributed by atoms with Crippen LogP contribution in [0.2, 0.25) is 0 Å². The Morgan fingerprint density at radius 1 is 0.875 bits per heavy atom. The molecule has 0 radical (unpaired) electrons. The van der Waals surface area contributed by atoms with Gasteiger partial charge in [-0.2, -0.15) is 0 Å². The van der Waals surface area contributed by atoms with Crippen molar-refractivity contribution >= 4 is 0 Å². The lowest BCUT2D eigenvalue weighted by Gasteiger charge is -2.32. The number of benzene rings is 2. The number of ether oxygens (including phenoxy) is 3. The fraction of sp³-hybridized carbons (Fsp3) is 0.300. The quantitative estimate of drug-likeness (QED) is 0.850. The molecule has 1 heterocycles. The lowest BCUT2D eigenvalue weighted by Crippen LogP contribution is -2.50. The minimum Gasteiger partial charge on any atom is -0.494 e. The zero-order valence-corrected chi connectivity index (χ0v) is 13.6. The Bertz CT molecular complexity index is 630. The van der Waals surface area contributed by atoms with Crippen LogP contribution < -0.4 is 5.73 Å². The van der Waals surface area contributed by atoms with E-state index in [-0.39, 0.29) is 18.2 Å². The standard InChI is InChI=1S/C20H23NO3/c21-20-18(24-14-17-9-5-2-6-10-17)11-12-23-19(20)15-22-13-16-7-3-1-4-8-16/h1-12,18-20H,13-15,21H2/t18-,19?,20?/m1/s1. The lowest BCUT2D eigenvalue weighted by atomic mass is 10.0. The van der Waals surface area contributed by atoms with Crippen molar-refractivity contribution in [2.24, 2.45) is 5.73 Å². The topological polar surface area (TPSA) is 53.7 Å². The average molecular weight is 325 g/mol. The molecule has 24 heavy (non-hydrogen) atoms. The van der Waals surface area contributed by atoms with Gasteiger partial charge in [0.1, 0.15) is 6.10 Å². The van der Waals surface area contributed by atoms with Crippen LogP contribution in [-0.2, 0) is 27.4 Å². The molecule has 3 atom stereocenters. The van der Waals surface area contributed by atoms with Gasteiger partial charge >= 0.3 is 0 Å². The van der Waals surface area contributed by atoms with Gasteiger partial charge in [-0.3, -0.25) is 0 Å². The second-order valence-corrected chi connectivity index (χ2v) is 5.84. The van der Waals surface area contributed by atoms with Crippen LogP contribution in [0.1, 0.15) is 11.1 Å². The Labute approximate surface area is 142 Å². The molecule has 4 heteroatoms. The molecule has 4 nitrogen and oxygen atoms in total. The molecule has 0 amide bonds. The SMILES string of the molecule is NC1C(COCc2ccccc2)OC=C[C@H]1OCc1ccccc1. The molecular weight excluding hydrogens is 302 g/mol. The Morgan fingerprint density at radius 2 is 1.50 bits per heavy atom. The second-order valence-electron chi connectivity index (χ2n) is 5.84. The molecule has 126 valence electrons. The molecule has 2 unspecified atom stereocenters. The predicted molar refractivity (Wildman–Crippen MR) is 93.1 cm³/mol. The van der Waals surface area contributed by atoms with Crippen LogP contribution in [0.4, 0.5) is 0 Å². The van der Waals surface area contributed by atoms with E-state index in [0.717, 1.165) is 11.1 Å². The summed E-state index contributed by atoms with van der Waals surface area (Å²) in [5.74, 6) is 0. The van der Waals surface area contributed by atoms with Gasteiger partial charge in [0.05, 0.1) is 38.2 Å². The number of hydrogen-bond acceptors (Lipinski definition) is 4. The molecule has 2 aromatic rings. The van der Waals surface area contributed by atoms with Gasteiger partial charge in [-0.1, -0.05) is 60.7 Å². The van der Waals surface area contributed by atoms with Crippen molar-refractivity contribution in [1.82, 2.24) is 0 Å². The Hall–Kier alpha value is -2.14. The van der Waals surface area contributed by atoms with E-state index < -0.39 is 0 Å². The summed E-state index contributed by atoms with van der Waals surface area (Å²) < 4.78 is 17.3. The van der Waals surface area contributed by atoms with E-state index in [1.165, 1.54) is 0 Å². The third-order valence-corrected chi connectivity index (χ3v) is 4.01. The van der Waals surface area contributed by atoms with Crippen molar-refractivity contribution in [3.8, 4) is 0 Å². The highest BCUT2D eigenvalue weighted by Crippen LogP contribution is 2.16. The van der Waals surface area contributed by atoms with Crippen LogP contribution in [0.5, 0.6) is 0 Å². The molecule has 1 aliphatic heterocycles. The molecule has 2 N–H and O–H groups in total. The summed E-state index contributed by atoms with van der Waals surface area (Å²) in [5, 5.41) is 0. The molecule has 0 fully saturated rings.